The number of fused-ring (bicyclic) bond motifs is 1. The van der Waals surface area contributed by atoms with E-state index in [4.69, 9.17) is 0 Å². The largest absolute Gasteiger partial charge is 0.342 e. The van der Waals surface area contributed by atoms with Crippen LogP contribution >= 0.6 is 0 Å². The van der Waals surface area contributed by atoms with E-state index in [2.05, 4.69) is 15.0 Å². The van der Waals surface area contributed by atoms with Gasteiger partial charge in [0.05, 0.1) is 11.7 Å². The summed E-state index contributed by atoms with van der Waals surface area (Å²) in [6, 6.07) is 1.36. The second kappa shape index (κ2) is 3.94. The average Bonchev–Trinajstić information content (AvgIpc) is 2.72. The van der Waals surface area contributed by atoms with Crippen molar-refractivity contribution < 1.29 is 8.78 Å². The second-order valence-electron chi connectivity index (χ2n) is 4.25. The molecular formula is C11H12F2N4. The summed E-state index contributed by atoms with van der Waals surface area (Å²) in [7, 11) is 0. The number of aromatic nitrogens is 3. The molecule has 3 heterocycles. The van der Waals surface area contributed by atoms with E-state index < -0.39 is 12.0 Å². The molecule has 0 radical (unpaired) electrons. The molecule has 17 heavy (non-hydrogen) atoms. The predicted octanol–water partition coefficient (Wildman–Crippen LogP) is 2.04. The third-order valence-electron chi connectivity index (χ3n) is 3.02. The van der Waals surface area contributed by atoms with E-state index in [9.17, 15) is 8.78 Å². The third-order valence-corrected chi connectivity index (χ3v) is 3.02. The molecule has 2 aromatic heterocycles. The Morgan fingerprint density at radius 3 is 2.88 bits per heavy atom. The molecule has 1 saturated heterocycles. The first-order chi connectivity index (χ1) is 8.22. The van der Waals surface area contributed by atoms with Crippen LogP contribution in [0.5, 0.6) is 0 Å². The van der Waals surface area contributed by atoms with Crippen molar-refractivity contribution in [1.82, 2.24) is 15.0 Å². The van der Waals surface area contributed by atoms with E-state index in [-0.39, 0.29) is 0 Å². The first kappa shape index (κ1) is 10.4. The summed E-state index contributed by atoms with van der Waals surface area (Å²) in [5.74, 6) is 0.250. The number of nitrogens with zero attached hydrogens (tertiary/aromatic N) is 3. The predicted molar refractivity (Wildman–Crippen MR) is 60.2 cm³/mol. The molecule has 0 atom stereocenters. The molecule has 4 nitrogen and oxygen atoms in total. The summed E-state index contributed by atoms with van der Waals surface area (Å²) in [5.41, 5.74) is 1.06. The van der Waals surface area contributed by atoms with Gasteiger partial charge in [0.2, 0.25) is 5.95 Å². The van der Waals surface area contributed by atoms with Crippen molar-refractivity contribution in [2.45, 2.75) is 19.0 Å². The molecule has 6 heteroatoms. The maximum Gasteiger partial charge on any atom is 0.205 e. The summed E-state index contributed by atoms with van der Waals surface area (Å²) in [6.07, 6.45) is 1.45. The zero-order chi connectivity index (χ0) is 11.8. The third kappa shape index (κ3) is 1.94. The molecule has 0 unspecified atom stereocenters. The molecule has 0 spiro atoms. The quantitative estimate of drug-likeness (QED) is 0.826. The minimum atomic E-state index is -0.716. The Bertz CT molecular complexity index is 531. The number of anilines is 1. The van der Waals surface area contributed by atoms with Gasteiger partial charge in [-0.15, -0.1) is 0 Å². The number of nitrogens with one attached hydrogen (secondary N) is 1. The van der Waals surface area contributed by atoms with Crippen molar-refractivity contribution >= 4 is 17.1 Å². The van der Waals surface area contributed by atoms with E-state index in [1.54, 1.807) is 0 Å². The zero-order valence-electron chi connectivity index (χ0n) is 9.16. The molecule has 90 valence electrons. The van der Waals surface area contributed by atoms with Crippen LogP contribution < -0.4 is 4.90 Å². The number of imidazole rings is 1. The van der Waals surface area contributed by atoms with Gasteiger partial charge in [-0.25, -0.2) is 13.8 Å². The lowest BCUT2D eigenvalue weighted by Gasteiger charge is -2.27. The Morgan fingerprint density at radius 2 is 2.12 bits per heavy atom. The fourth-order valence-electron chi connectivity index (χ4n) is 2.07. The van der Waals surface area contributed by atoms with E-state index in [1.807, 2.05) is 4.90 Å². The molecule has 2 aromatic rings. The van der Waals surface area contributed by atoms with Gasteiger partial charge >= 0.3 is 0 Å². The van der Waals surface area contributed by atoms with Gasteiger partial charge in [-0.2, -0.15) is 4.98 Å². The molecule has 0 aromatic carbocycles. The highest BCUT2D eigenvalue weighted by atomic mass is 19.1. The van der Waals surface area contributed by atoms with Crippen LogP contribution in [0.25, 0.3) is 11.2 Å². The van der Waals surface area contributed by atoms with Crippen LogP contribution in [0.1, 0.15) is 12.8 Å². The van der Waals surface area contributed by atoms with Gasteiger partial charge in [-0.1, -0.05) is 0 Å². The molecule has 0 aliphatic carbocycles. The number of halogens is 2. The van der Waals surface area contributed by atoms with Crippen molar-refractivity contribution in [1.29, 1.82) is 0 Å². The number of pyridine rings is 1. The Kier molecular flexibility index (Phi) is 2.42. The lowest BCUT2D eigenvalue weighted by molar-refractivity contribution is 0.276. The summed E-state index contributed by atoms with van der Waals surface area (Å²) < 4.78 is 26.0. The van der Waals surface area contributed by atoms with Crippen molar-refractivity contribution in [3.8, 4) is 0 Å². The van der Waals surface area contributed by atoms with Crippen LogP contribution in [-0.4, -0.2) is 34.2 Å². The van der Waals surface area contributed by atoms with Gasteiger partial charge in [0.1, 0.15) is 12.0 Å². The highest BCUT2D eigenvalue weighted by Crippen LogP contribution is 2.21. The SMILES string of the molecule is Fc1cnc2nc(N3CCC(F)CC3)[nH]c2c1. The number of rotatable bonds is 1. The van der Waals surface area contributed by atoms with E-state index in [1.165, 1.54) is 6.07 Å². The number of H-pyrrole nitrogens is 1. The van der Waals surface area contributed by atoms with Crippen molar-refractivity contribution in [2.24, 2.45) is 0 Å². The number of aromatic amines is 1. The van der Waals surface area contributed by atoms with Gasteiger partial charge in [-0.3, -0.25) is 0 Å². The van der Waals surface area contributed by atoms with Crippen molar-refractivity contribution in [2.75, 3.05) is 18.0 Å². The van der Waals surface area contributed by atoms with Crippen LogP contribution in [-0.2, 0) is 0 Å². The van der Waals surface area contributed by atoms with Gasteiger partial charge in [0.15, 0.2) is 5.65 Å². The minimum Gasteiger partial charge on any atom is -0.342 e. The molecule has 1 aliphatic heterocycles. The van der Waals surface area contributed by atoms with Crippen LogP contribution in [0.2, 0.25) is 0 Å². The number of piperidine rings is 1. The summed E-state index contributed by atoms with van der Waals surface area (Å²) in [5, 5.41) is 0. The first-order valence-corrected chi connectivity index (χ1v) is 5.62. The fraction of sp³-hybridized carbons (Fsp3) is 0.455. The Hall–Kier alpha value is -1.72. The molecule has 1 N–H and O–H groups in total. The maximum atomic E-state index is 13.0. The number of hydrogen-bond acceptors (Lipinski definition) is 3. The van der Waals surface area contributed by atoms with E-state index in [0.29, 0.717) is 43.0 Å². The normalized spacial score (nSPS) is 17.9. The number of hydrogen-bond donors (Lipinski definition) is 1. The standard InChI is InChI=1S/C11H12F2N4/c12-7-1-3-17(4-2-7)11-15-9-5-8(13)6-14-10(9)16-11/h5-7H,1-4H2,(H,14,15,16). The van der Waals surface area contributed by atoms with Gasteiger partial charge < -0.3 is 9.88 Å². The highest BCUT2D eigenvalue weighted by Gasteiger charge is 2.20. The monoisotopic (exact) mass is 238 g/mol. The average molecular weight is 238 g/mol. The van der Waals surface area contributed by atoms with Gasteiger partial charge in [-0.05, 0) is 12.8 Å². The lowest BCUT2D eigenvalue weighted by Crippen LogP contribution is -2.34. The maximum absolute atomic E-state index is 13.0. The smallest absolute Gasteiger partial charge is 0.205 e. The zero-order valence-corrected chi connectivity index (χ0v) is 9.16. The summed E-state index contributed by atoms with van der Waals surface area (Å²) >= 11 is 0. The Labute approximate surface area is 96.7 Å². The van der Waals surface area contributed by atoms with Crippen LogP contribution in [0, 0.1) is 5.82 Å². The fourth-order valence-corrected chi connectivity index (χ4v) is 2.07. The Balaban J connectivity index is 1.90. The topological polar surface area (TPSA) is 44.8 Å². The first-order valence-electron chi connectivity index (χ1n) is 5.62. The minimum absolute atomic E-state index is 0.393. The second-order valence-corrected chi connectivity index (χ2v) is 4.25. The molecule has 3 rings (SSSR count). The lowest BCUT2D eigenvalue weighted by atomic mass is 10.1. The van der Waals surface area contributed by atoms with E-state index >= 15 is 0 Å². The van der Waals surface area contributed by atoms with Gasteiger partial charge in [0.25, 0.3) is 0 Å². The van der Waals surface area contributed by atoms with Crippen molar-refractivity contribution in [3.05, 3.63) is 18.1 Å². The molecule has 1 fully saturated rings. The Morgan fingerprint density at radius 1 is 1.35 bits per heavy atom. The van der Waals surface area contributed by atoms with Gasteiger partial charge in [0, 0.05) is 19.2 Å². The highest BCUT2D eigenvalue weighted by molar-refractivity contribution is 5.73. The van der Waals surface area contributed by atoms with Crippen LogP contribution in [0.4, 0.5) is 14.7 Å². The molecular weight excluding hydrogens is 226 g/mol. The van der Waals surface area contributed by atoms with Crippen molar-refractivity contribution in [3.63, 3.8) is 0 Å². The molecule has 0 bridgehead atoms. The summed E-state index contributed by atoms with van der Waals surface area (Å²) in [4.78, 5) is 13.1. The summed E-state index contributed by atoms with van der Waals surface area (Å²) in [6.45, 7) is 1.26. The van der Waals surface area contributed by atoms with Crippen LogP contribution in [0.15, 0.2) is 12.3 Å². The van der Waals surface area contributed by atoms with Crippen LogP contribution in [0.3, 0.4) is 0 Å². The molecule has 0 saturated carbocycles. The van der Waals surface area contributed by atoms with E-state index in [0.717, 1.165) is 6.20 Å². The molecule has 1 aliphatic rings. The molecule has 0 amide bonds. The number of alkyl halides is 1.